The van der Waals surface area contributed by atoms with E-state index in [1.165, 1.54) is 16.4 Å². The zero-order valence-electron chi connectivity index (χ0n) is 12.4. The molecule has 2 aromatic rings. The number of carbonyl (C=O) groups excluding carboxylic acids is 1. The van der Waals surface area contributed by atoms with Gasteiger partial charge in [-0.3, -0.25) is 4.79 Å². The molecule has 2 heterocycles. The molecule has 0 aliphatic heterocycles. The van der Waals surface area contributed by atoms with E-state index in [4.69, 9.17) is 5.84 Å². The SMILES string of the molecule is Cc1nnc(S[C@H](C)C(=O)Nc2ccnn2C(C)C)n1N. The van der Waals surface area contributed by atoms with E-state index in [2.05, 4.69) is 20.6 Å². The molecular weight excluding hydrogens is 290 g/mol. The molecule has 9 heteroatoms. The summed E-state index contributed by atoms with van der Waals surface area (Å²) >= 11 is 1.26. The number of hydrogen-bond donors (Lipinski definition) is 2. The van der Waals surface area contributed by atoms with Crippen molar-refractivity contribution in [2.45, 2.75) is 44.1 Å². The number of anilines is 1. The molecule has 2 rings (SSSR count). The minimum absolute atomic E-state index is 0.136. The van der Waals surface area contributed by atoms with Crippen LogP contribution in [0.1, 0.15) is 32.6 Å². The van der Waals surface area contributed by atoms with Gasteiger partial charge in [0.25, 0.3) is 0 Å². The molecule has 0 aliphatic carbocycles. The Morgan fingerprint density at radius 2 is 2.10 bits per heavy atom. The maximum absolute atomic E-state index is 12.2. The second-order valence-corrected chi connectivity index (χ2v) is 6.21. The van der Waals surface area contributed by atoms with Crippen molar-refractivity contribution in [2.24, 2.45) is 0 Å². The molecule has 2 aromatic heterocycles. The molecule has 0 fully saturated rings. The van der Waals surface area contributed by atoms with Crippen LogP contribution in [0.15, 0.2) is 17.4 Å². The molecule has 0 aromatic carbocycles. The van der Waals surface area contributed by atoms with Gasteiger partial charge in [-0.05, 0) is 27.7 Å². The van der Waals surface area contributed by atoms with Gasteiger partial charge in [-0.15, -0.1) is 10.2 Å². The molecule has 0 aliphatic rings. The van der Waals surface area contributed by atoms with Gasteiger partial charge in [0.05, 0.1) is 11.4 Å². The normalized spacial score (nSPS) is 12.6. The maximum atomic E-state index is 12.2. The largest absolute Gasteiger partial charge is 0.336 e. The molecule has 21 heavy (non-hydrogen) atoms. The molecule has 1 atom stereocenters. The number of hydrogen-bond acceptors (Lipinski definition) is 6. The van der Waals surface area contributed by atoms with Gasteiger partial charge in [-0.25, -0.2) is 9.36 Å². The minimum Gasteiger partial charge on any atom is -0.336 e. The Balaban J connectivity index is 2.03. The topological polar surface area (TPSA) is 104 Å². The third-order valence-corrected chi connectivity index (χ3v) is 3.95. The first kappa shape index (κ1) is 15.4. The number of thioether (sulfide) groups is 1. The van der Waals surface area contributed by atoms with Crippen LogP contribution in [0.5, 0.6) is 0 Å². The van der Waals surface area contributed by atoms with Gasteiger partial charge in [-0.2, -0.15) is 5.10 Å². The number of rotatable bonds is 5. The van der Waals surface area contributed by atoms with Crippen LogP contribution in [0, 0.1) is 6.92 Å². The third kappa shape index (κ3) is 3.35. The van der Waals surface area contributed by atoms with Crippen molar-refractivity contribution in [3.05, 3.63) is 18.1 Å². The van der Waals surface area contributed by atoms with Gasteiger partial charge in [0, 0.05) is 12.1 Å². The van der Waals surface area contributed by atoms with Crippen LogP contribution in [0.2, 0.25) is 0 Å². The van der Waals surface area contributed by atoms with Crippen molar-refractivity contribution >= 4 is 23.5 Å². The number of aromatic nitrogens is 5. The summed E-state index contributed by atoms with van der Waals surface area (Å²) < 4.78 is 3.12. The van der Waals surface area contributed by atoms with Crippen LogP contribution >= 0.6 is 11.8 Å². The second kappa shape index (κ2) is 6.17. The predicted octanol–water partition coefficient (Wildman–Crippen LogP) is 1.20. The van der Waals surface area contributed by atoms with E-state index in [9.17, 15) is 4.79 Å². The Bertz CT molecular complexity index is 633. The van der Waals surface area contributed by atoms with Crippen LogP contribution in [-0.4, -0.2) is 35.8 Å². The van der Waals surface area contributed by atoms with E-state index < -0.39 is 0 Å². The Morgan fingerprint density at radius 1 is 1.38 bits per heavy atom. The number of nitrogens with two attached hydrogens (primary N) is 1. The third-order valence-electron chi connectivity index (χ3n) is 2.90. The summed E-state index contributed by atoms with van der Waals surface area (Å²) in [5.74, 6) is 6.91. The lowest BCUT2D eigenvalue weighted by molar-refractivity contribution is -0.115. The summed E-state index contributed by atoms with van der Waals surface area (Å²) in [7, 11) is 0. The van der Waals surface area contributed by atoms with E-state index in [1.807, 2.05) is 13.8 Å². The van der Waals surface area contributed by atoms with E-state index in [0.29, 0.717) is 16.8 Å². The lowest BCUT2D eigenvalue weighted by atomic mass is 10.4. The average Bonchev–Trinajstić information content (AvgIpc) is 3.00. The van der Waals surface area contributed by atoms with E-state index >= 15 is 0 Å². The van der Waals surface area contributed by atoms with Crippen LogP contribution in [-0.2, 0) is 4.79 Å². The summed E-state index contributed by atoms with van der Waals surface area (Å²) in [4.78, 5) is 12.2. The van der Waals surface area contributed by atoms with Crippen molar-refractivity contribution < 1.29 is 4.79 Å². The van der Waals surface area contributed by atoms with E-state index in [-0.39, 0.29) is 17.2 Å². The van der Waals surface area contributed by atoms with Gasteiger partial charge in [0.1, 0.15) is 11.6 Å². The lowest BCUT2D eigenvalue weighted by Gasteiger charge is -2.14. The van der Waals surface area contributed by atoms with Crippen molar-refractivity contribution in [2.75, 3.05) is 11.2 Å². The van der Waals surface area contributed by atoms with Crippen LogP contribution in [0.3, 0.4) is 0 Å². The van der Waals surface area contributed by atoms with Gasteiger partial charge >= 0.3 is 0 Å². The predicted molar refractivity (Wildman–Crippen MR) is 81.5 cm³/mol. The molecule has 114 valence electrons. The molecule has 0 radical (unpaired) electrons. The number of aryl methyl sites for hydroxylation is 1. The highest BCUT2D eigenvalue weighted by Gasteiger charge is 2.20. The van der Waals surface area contributed by atoms with Gasteiger partial charge in [-0.1, -0.05) is 11.8 Å². The molecule has 0 bridgehead atoms. The standard InChI is InChI=1S/C12H19N7OS/c1-7(2)19-10(5-6-14-19)15-11(20)8(3)21-12-17-16-9(4)18(12)13/h5-8H,13H2,1-4H3,(H,15,20)/t8-/m1/s1. The number of nitrogen functional groups attached to an aromatic ring is 1. The molecule has 0 spiro atoms. The molecule has 0 saturated heterocycles. The summed E-state index contributed by atoms with van der Waals surface area (Å²) in [5.41, 5.74) is 0. The van der Waals surface area contributed by atoms with Gasteiger partial charge < -0.3 is 11.2 Å². The first-order valence-corrected chi connectivity index (χ1v) is 7.46. The Morgan fingerprint density at radius 3 is 2.67 bits per heavy atom. The Hall–Kier alpha value is -2.03. The fourth-order valence-electron chi connectivity index (χ4n) is 1.69. The van der Waals surface area contributed by atoms with E-state index in [1.54, 1.807) is 30.8 Å². The molecule has 0 unspecified atom stereocenters. The van der Waals surface area contributed by atoms with Gasteiger partial charge in [0.2, 0.25) is 11.1 Å². The summed E-state index contributed by atoms with van der Waals surface area (Å²) in [6, 6.07) is 1.94. The molecular formula is C12H19N7OS. The van der Waals surface area contributed by atoms with Crippen LogP contribution in [0.25, 0.3) is 0 Å². The fraction of sp³-hybridized carbons (Fsp3) is 0.500. The Labute approximate surface area is 127 Å². The minimum atomic E-state index is -0.355. The monoisotopic (exact) mass is 309 g/mol. The summed E-state index contributed by atoms with van der Waals surface area (Å²) in [6.07, 6.45) is 1.66. The second-order valence-electron chi connectivity index (χ2n) is 4.90. The van der Waals surface area contributed by atoms with E-state index in [0.717, 1.165) is 0 Å². The number of nitrogens with one attached hydrogen (secondary N) is 1. The molecule has 1 amide bonds. The highest BCUT2D eigenvalue weighted by Crippen LogP contribution is 2.22. The number of carbonyl (C=O) groups is 1. The first-order chi connectivity index (χ1) is 9.90. The zero-order valence-corrected chi connectivity index (χ0v) is 13.3. The maximum Gasteiger partial charge on any atom is 0.238 e. The van der Waals surface area contributed by atoms with Crippen molar-refractivity contribution in [1.82, 2.24) is 24.7 Å². The van der Waals surface area contributed by atoms with Crippen LogP contribution in [0.4, 0.5) is 5.82 Å². The number of amides is 1. The van der Waals surface area contributed by atoms with Crippen molar-refractivity contribution in [3.63, 3.8) is 0 Å². The fourth-order valence-corrected chi connectivity index (χ4v) is 2.51. The van der Waals surface area contributed by atoms with Crippen LogP contribution < -0.4 is 11.2 Å². The molecule has 8 nitrogen and oxygen atoms in total. The molecule has 0 saturated carbocycles. The summed E-state index contributed by atoms with van der Waals surface area (Å²) in [6.45, 7) is 7.55. The first-order valence-electron chi connectivity index (χ1n) is 6.58. The van der Waals surface area contributed by atoms with Gasteiger partial charge in [0.15, 0.2) is 0 Å². The highest BCUT2D eigenvalue weighted by atomic mass is 32.2. The van der Waals surface area contributed by atoms with Crippen molar-refractivity contribution in [1.29, 1.82) is 0 Å². The molecule has 3 N–H and O–H groups in total. The average molecular weight is 309 g/mol. The zero-order chi connectivity index (χ0) is 15.6. The quantitative estimate of drug-likeness (QED) is 0.635. The van der Waals surface area contributed by atoms with Crippen molar-refractivity contribution in [3.8, 4) is 0 Å². The Kier molecular flexibility index (Phi) is 4.51. The highest BCUT2D eigenvalue weighted by molar-refractivity contribution is 8.00. The summed E-state index contributed by atoms with van der Waals surface area (Å²) in [5, 5.41) is 15.0. The lowest BCUT2D eigenvalue weighted by Crippen LogP contribution is -2.25. The number of nitrogens with zero attached hydrogens (tertiary/aromatic N) is 5. The smallest absolute Gasteiger partial charge is 0.238 e.